The lowest BCUT2D eigenvalue weighted by molar-refractivity contribution is -0.145. The lowest BCUT2D eigenvalue weighted by atomic mass is 9.86. The Morgan fingerprint density at radius 1 is 0.886 bits per heavy atom. The standard InChI is InChI=1S/C36H49NO7/c1-3-42-36(40)28-16-20-33(30(23-28)25-34(38)37-31-17-15-29(24-31)35(39)41-2)44-22-8-12-27-13-18-32(19-14-27)43-21-7-11-26-9-5-4-6-10-26/h13-14,16,18-20,23,26,29,31H,3-12,15,17,21-22,24-25H2,1-2H3,(H,37,38)/t29-,31+/m1/s1. The monoisotopic (exact) mass is 607 g/mol. The Hall–Kier alpha value is -3.55. The van der Waals surface area contributed by atoms with E-state index in [0.717, 1.165) is 44.0 Å². The minimum absolute atomic E-state index is 0.0596. The van der Waals surface area contributed by atoms with E-state index < -0.39 is 5.97 Å². The van der Waals surface area contributed by atoms with Crippen LogP contribution < -0.4 is 14.8 Å². The van der Waals surface area contributed by atoms with E-state index in [1.54, 1.807) is 25.1 Å². The molecule has 8 nitrogen and oxygen atoms in total. The topological polar surface area (TPSA) is 100 Å². The number of carbonyl (C=O) groups is 3. The maximum atomic E-state index is 13.0. The van der Waals surface area contributed by atoms with Crippen LogP contribution in [-0.2, 0) is 31.9 Å². The summed E-state index contributed by atoms with van der Waals surface area (Å²) in [6.07, 6.45) is 13.0. The zero-order chi connectivity index (χ0) is 31.1. The maximum absolute atomic E-state index is 13.0. The van der Waals surface area contributed by atoms with Crippen molar-refractivity contribution in [3.8, 4) is 11.5 Å². The van der Waals surface area contributed by atoms with E-state index >= 15 is 0 Å². The molecule has 0 aromatic heterocycles. The van der Waals surface area contributed by atoms with Crippen molar-refractivity contribution in [1.82, 2.24) is 5.32 Å². The highest BCUT2D eigenvalue weighted by atomic mass is 16.5. The molecule has 0 heterocycles. The van der Waals surface area contributed by atoms with Crippen molar-refractivity contribution >= 4 is 17.8 Å². The van der Waals surface area contributed by atoms with Crippen LogP contribution in [0.5, 0.6) is 11.5 Å². The molecule has 0 radical (unpaired) electrons. The average molecular weight is 608 g/mol. The van der Waals surface area contributed by atoms with E-state index in [4.69, 9.17) is 18.9 Å². The summed E-state index contributed by atoms with van der Waals surface area (Å²) in [5.74, 6) is 1.34. The van der Waals surface area contributed by atoms with Gasteiger partial charge in [-0.15, -0.1) is 0 Å². The van der Waals surface area contributed by atoms with Gasteiger partial charge in [0.05, 0.1) is 44.8 Å². The molecule has 2 fully saturated rings. The van der Waals surface area contributed by atoms with E-state index in [-0.39, 0.29) is 36.9 Å². The van der Waals surface area contributed by atoms with Gasteiger partial charge in [-0.3, -0.25) is 9.59 Å². The van der Waals surface area contributed by atoms with Crippen LogP contribution in [0.3, 0.4) is 0 Å². The van der Waals surface area contributed by atoms with Gasteiger partial charge >= 0.3 is 11.9 Å². The summed E-state index contributed by atoms with van der Waals surface area (Å²) in [4.78, 5) is 37.2. The van der Waals surface area contributed by atoms with Gasteiger partial charge < -0.3 is 24.3 Å². The van der Waals surface area contributed by atoms with Crippen LogP contribution in [0.15, 0.2) is 42.5 Å². The predicted molar refractivity (Wildman–Crippen MR) is 169 cm³/mol. The van der Waals surface area contributed by atoms with Gasteiger partial charge in [0.15, 0.2) is 0 Å². The first kappa shape index (κ1) is 33.3. The smallest absolute Gasteiger partial charge is 0.338 e. The van der Waals surface area contributed by atoms with Crippen LogP contribution in [0, 0.1) is 11.8 Å². The summed E-state index contributed by atoms with van der Waals surface area (Å²) >= 11 is 0. The third kappa shape index (κ3) is 10.6. The van der Waals surface area contributed by atoms with Crippen LogP contribution in [0.1, 0.15) is 99.0 Å². The third-order valence-electron chi connectivity index (χ3n) is 8.80. The number of aryl methyl sites for hydroxylation is 1. The molecule has 8 heteroatoms. The summed E-state index contributed by atoms with van der Waals surface area (Å²) in [5, 5.41) is 3.03. The first-order valence-electron chi connectivity index (χ1n) is 16.5. The van der Waals surface area contributed by atoms with Crippen molar-refractivity contribution in [1.29, 1.82) is 0 Å². The number of rotatable bonds is 16. The van der Waals surface area contributed by atoms with Crippen LogP contribution in [0.2, 0.25) is 0 Å². The SMILES string of the molecule is CCOC(=O)c1ccc(OCCCc2ccc(OCCCC3CCCCC3)cc2)c(CC(=O)N[C@H]2CC[C@@H](C(=O)OC)C2)c1. The molecule has 2 saturated carbocycles. The molecule has 0 spiro atoms. The second-order valence-electron chi connectivity index (χ2n) is 12.1. The molecule has 2 atom stereocenters. The van der Waals surface area contributed by atoms with E-state index in [0.29, 0.717) is 36.3 Å². The zero-order valence-corrected chi connectivity index (χ0v) is 26.4. The van der Waals surface area contributed by atoms with Crippen LogP contribution in [0.25, 0.3) is 0 Å². The summed E-state index contributed by atoms with van der Waals surface area (Å²) < 4.78 is 22.1. The van der Waals surface area contributed by atoms with Gasteiger partial charge in [0.1, 0.15) is 11.5 Å². The van der Waals surface area contributed by atoms with Crippen molar-refractivity contribution in [3.63, 3.8) is 0 Å². The summed E-state index contributed by atoms with van der Waals surface area (Å²) in [5.41, 5.74) is 2.22. The van der Waals surface area contributed by atoms with Gasteiger partial charge in [0.25, 0.3) is 0 Å². The summed E-state index contributed by atoms with van der Waals surface area (Å²) in [7, 11) is 1.39. The highest BCUT2D eigenvalue weighted by molar-refractivity contribution is 5.90. The molecule has 1 amide bonds. The van der Waals surface area contributed by atoms with Crippen molar-refractivity contribution in [2.45, 2.75) is 96.4 Å². The third-order valence-corrected chi connectivity index (χ3v) is 8.80. The van der Waals surface area contributed by atoms with Gasteiger partial charge in [-0.05, 0) is 93.7 Å². The summed E-state index contributed by atoms with van der Waals surface area (Å²) in [6, 6.07) is 13.3. The van der Waals surface area contributed by atoms with Gasteiger partial charge in [-0.2, -0.15) is 0 Å². The normalized spacial score (nSPS) is 18.4. The lowest BCUT2D eigenvalue weighted by Crippen LogP contribution is -2.34. The Balaban J connectivity index is 1.24. The minimum atomic E-state index is -0.436. The first-order valence-corrected chi connectivity index (χ1v) is 16.5. The quantitative estimate of drug-likeness (QED) is 0.169. The number of methoxy groups -OCH3 is 1. The zero-order valence-electron chi connectivity index (χ0n) is 26.4. The Morgan fingerprint density at radius 2 is 1.66 bits per heavy atom. The molecule has 44 heavy (non-hydrogen) atoms. The van der Waals surface area contributed by atoms with Gasteiger partial charge in [-0.1, -0.05) is 44.2 Å². The summed E-state index contributed by atoms with van der Waals surface area (Å²) in [6.45, 7) is 3.26. The van der Waals surface area contributed by atoms with Gasteiger partial charge in [-0.25, -0.2) is 4.79 Å². The van der Waals surface area contributed by atoms with Crippen molar-refractivity contribution in [2.75, 3.05) is 26.9 Å². The number of esters is 2. The molecule has 0 saturated heterocycles. The van der Waals surface area contributed by atoms with E-state index in [9.17, 15) is 14.4 Å². The first-order chi connectivity index (χ1) is 21.4. The average Bonchev–Trinajstić information content (AvgIpc) is 3.51. The second-order valence-corrected chi connectivity index (χ2v) is 12.1. The minimum Gasteiger partial charge on any atom is -0.494 e. The lowest BCUT2D eigenvalue weighted by Gasteiger charge is -2.21. The molecule has 0 unspecified atom stereocenters. The highest BCUT2D eigenvalue weighted by Crippen LogP contribution is 2.28. The number of nitrogens with one attached hydrogen (secondary N) is 1. The molecule has 0 aliphatic heterocycles. The van der Waals surface area contributed by atoms with Crippen molar-refractivity contribution < 1.29 is 33.3 Å². The Morgan fingerprint density at radius 3 is 2.41 bits per heavy atom. The molecule has 4 rings (SSSR count). The number of benzene rings is 2. The number of hydrogen-bond donors (Lipinski definition) is 1. The van der Waals surface area contributed by atoms with Crippen LogP contribution in [-0.4, -0.2) is 50.8 Å². The molecule has 0 bridgehead atoms. The highest BCUT2D eigenvalue weighted by Gasteiger charge is 2.31. The molecular formula is C36H49NO7. The van der Waals surface area contributed by atoms with Gasteiger partial charge in [0.2, 0.25) is 5.91 Å². The van der Waals surface area contributed by atoms with Crippen LogP contribution in [0.4, 0.5) is 0 Å². The Bertz CT molecular complexity index is 1210. The number of amides is 1. The molecule has 2 aromatic carbocycles. The van der Waals surface area contributed by atoms with Crippen LogP contribution >= 0.6 is 0 Å². The predicted octanol–water partition coefficient (Wildman–Crippen LogP) is 6.61. The van der Waals surface area contributed by atoms with Crippen molar-refractivity contribution in [3.05, 3.63) is 59.2 Å². The molecule has 2 aliphatic carbocycles. The number of carbonyl (C=O) groups excluding carboxylic acids is 3. The molecule has 2 aliphatic rings. The number of ether oxygens (including phenoxy) is 4. The van der Waals surface area contributed by atoms with E-state index in [1.807, 2.05) is 12.1 Å². The molecular weight excluding hydrogens is 558 g/mol. The molecule has 240 valence electrons. The fraction of sp³-hybridized carbons (Fsp3) is 0.583. The van der Waals surface area contributed by atoms with E-state index in [1.165, 1.54) is 51.2 Å². The Kier molecular flexibility index (Phi) is 13.4. The fourth-order valence-electron chi connectivity index (χ4n) is 6.39. The Labute approximate surface area is 262 Å². The largest absolute Gasteiger partial charge is 0.494 e. The molecule has 2 aromatic rings. The van der Waals surface area contributed by atoms with E-state index in [2.05, 4.69) is 17.4 Å². The fourth-order valence-corrected chi connectivity index (χ4v) is 6.39. The number of hydrogen-bond acceptors (Lipinski definition) is 7. The van der Waals surface area contributed by atoms with Gasteiger partial charge in [0, 0.05) is 11.6 Å². The molecule has 1 N–H and O–H groups in total. The maximum Gasteiger partial charge on any atom is 0.338 e. The second kappa shape index (κ2) is 17.7. The van der Waals surface area contributed by atoms with Crippen molar-refractivity contribution in [2.24, 2.45) is 11.8 Å².